The number of ether oxygens (including phenoxy) is 1. The van der Waals surface area contributed by atoms with Crippen molar-refractivity contribution in [2.24, 2.45) is 0 Å². The third kappa shape index (κ3) is 5.36. The Labute approximate surface area is 115 Å². The van der Waals surface area contributed by atoms with E-state index in [1.807, 2.05) is 12.1 Å². The monoisotopic (exact) mass is 270 g/mol. The third-order valence-electron chi connectivity index (χ3n) is 2.95. The van der Waals surface area contributed by atoms with Crippen molar-refractivity contribution in [3.8, 4) is 0 Å². The molecule has 2 N–H and O–H groups in total. The molecule has 0 amide bonds. The SMILES string of the molecule is COCCNCC(C)NCc1cccc(Cl)c1C. The molecule has 0 aliphatic rings. The summed E-state index contributed by atoms with van der Waals surface area (Å²) in [5.41, 5.74) is 2.41. The zero-order valence-corrected chi connectivity index (χ0v) is 12.2. The van der Waals surface area contributed by atoms with Gasteiger partial charge in [0.25, 0.3) is 0 Å². The van der Waals surface area contributed by atoms with Crippen molar-refractivity contribution in [2.75, 3.05) is 26.8 Å². The number of hydrogen-bond acceptors (Lipinski definition) is 3. The van der Waals surface area contributed by atoms with E-state index in [0.717, 1.165) is 36.8 Å². The predicted octanol–water partition coefficient (Wildman–Crippen LogP) is 2.36. The lowest BCUT2D eigenvalue weighted by Gasteiger charge is -2.16. The lowest BCUT2D eigenvalue weighted by Crippen LogP contribution is -2.37. The first kappa shape index (κ1) is 15.4. The van der Waals surface area contributed by atoms with Crippen molar-refractivity contribution in [2.45, 2.75) is 26.4 Å². The van der Waals surface area contributed by atoms with Crippen LogP contribution in [-0.4, -0.2) is 32.8 Å². The number of nitrogens with one attached hydrogen (secondary N) is 2. The van der Waals surface area contributed by atoms with Crippen LogP contribution in [0.3, 0.4) is 0 Å². The molecule has 0 heterocycles. The summed E-state index contributed by atoms with van der Waals surface area (Å²) in [7, 11) is 1.71. The van der Waals surface area contributed by atoms with Gasteiger partial charge < -0.3 is 15.4 Å². The fraction of sp³-hybridized carbons (Fsp3) is 0.571. The summed E-state index contributed by atoms with van der Waals surface area (Å²) < 4.78 is 4.98. The fourth-order valence-electron chi connectivity index (χ4n) is 1.69. The number of halogens is 1. The Bertz CT molecular complexity index is 358. The average Bonchev–Trinajstić information content (AvgIpc) is 2.36. The molecule has 18 heavy (non-hydrogen) atoms. The van der Waals surface area contributed by atoms with E-state index in [1.54, 1.807) is 7.11 Å². The number of methoxy groups -OCH3 is 1. The highest BCUT2D eigenvalue weighted by Crippen LogP contribution is 2.18. The van der Waals surface area contributed by atoms with E-state index in [-0.39, 0.29) is 0 Å². The molecule has 3 nitrogen and oxygen atoms in total. The van der Waals surface area contributed by atoms with Crippen molar-refractivity contribution < 1.29 is 4.74 Å². The Morgan fingerprint density at radius 2 is 2.17 bits per heavy atom. The smallest absolute Gasteiger partial charge is 0.0587 e. The number of rotatable bonds is 8. The molecule has 0 saturated heterocycles. The fourth-order valence-corrected chi connectivity index (χ4v) is 1.89. The van der Waals surface area contributed by atoms with Crippen LogP contribution in [0, 0.1) is 6.92 Å². The second kappa shape index (κ2) is 8.48. The quantitative estimate of drug-likeness (QED) is 0.712. The minimum absolute atomic E-state index is 0.417. The van der Waals surface area contributed by atoms with Crippen LogP contribution in [0.15, 0.2) is 18.2 Å². The van der Waals surface area contributed by atoms with E-state index in [9.17, 15) is 0 Å². The average molecular weight is 271 g/mol. The van der Waals surface area contributed by atoms with Gasteiger partial charge in [-0.1, -0.05) is 23.7 Å². The van der Waals surface area contributed by atoms with E-state index in [0.29, 0.717) is 6.04 Å². The van der Waals surface area contributed by atoms with Gasteiger partial charge in [-0.3, -0.25) is 0 Å². The molecule has 1 aromatic rings. The minimum atomic E-state index is 0.417. The molecule has 0 aliphatic heterocycles. The number of benzene rings is 1. The van der Waals surface area contributed by atoms with Crippen LogP contribution in [0.5, 0.6) is 0 Å². The summed E-state index contributed by atoms with van der Waals surface area (Å²) in [5, 5.41) is 7.65. The molecule has 1 aromatic carbocycles. The second-order valence-corrected chi connectivity index (χ2v) is 4.91. The van der Waals surface area contributed by atoms with Crippen LogP contribution < -0.4 is 10.6 Å². The Morgan fingerprint density at radius 1 is 1.39 bits per heavy atom. The molecule has 1 rings (SSSR count). The lowest BCUT2D eigenvalue weighted by molar-refractivity contribution is 0.198. The molecule has 0 saturated carbocycles. The van der Waals surface area contributed by atoms with Gasteiger partial charge in [0.1, 0.15) is 0 Å². The van der Waals surface area contributed by atoms with Gasteiger partial charge >= 0.3 is 0 Å². The Kier molecular flexibility index (Phi) is 7.28. The molecule has 0 fully saturated rings. The van der Waals surface area contributed by atoms with E-state index in [4.69, 9.17) is 16.3 Å². The molecule has 0 bridgehead atoms. The molecule has 0 radical (unpaired) electrons. The zero-order chi connectivity index (χ0) is 13.4. The van der Waals surface area contributed by atoms with Gasteiger partial charge in [0.05, 0.1) is 6.61 Å². The first-order valence-electron chi connectivity index (χ1n) is 6.32. The van der Waals surface area contributed by atoms with Crippen LogP contribution in [0.2, 0.25) is 5.02 Å². The molecule has 4 heteroatoms. The highest BCUT2D eigenvalue weighted by Gasteiger charge is 2.04. The molecular formula is C14H23ClN2O. The molecule has 0 aromatic heterocycles. The van der Waals surface area contributed by atoms with E-state index >= 15 is 0 Å². The Hall–Kier alpha value is -0.610. The van der Waals surface area contributed by atoms with Crippen LogP contribution in [0.1, 0.15) is 18.1 Å². The van der Waals surface area contributed by atoms with Crippen molar-refractivity contribution >= 4 is 11.6 Å². The first-order valence-corrected chi connectivity index (χ1v) is 6.70. The molecule has 0 aliphatic carbocycles. The summed E-state index contributed by atoms with van der Waals surface area (Å²) in [6, 6.07) is 6.45. The highest BCUT2D eigenvalue weighted by molar-refractivity contribution is 6.31. The van der Waals surface area contributed by atoms with Gasteiger partial charge in [0.2, 0.25) is 0 Å². The maximum absolute atomic E-state index is 6.09. The topological polar surface area (TPSA) is 33.3 Å². The van der Waals surface area contributed by atoms with Gasteiger partial charge in [-0.05, 0) is 31.0 Å². The number of hydrogen-bond donors (Lipinski definition) is 2. The van der Waals surface area contributed by atoms with Gasteiger partial charge in [-0.2, -0.15) is 0 Å². The third-order valence-corrected chi connectivity index (χ3v) is 3.36. The second-order valence-electron chi connectivity index (χ2n) is 4.50. The van der Waals surface area contributed by atoms with Crippen molar-refractivity contribution in [1.82, 2.24) is 10.6 Å². The van der Waals surface area contributed by atoms with Crippen LogP contribution in [0.4, 0.5) is 0 Å². The predicted molar refractivity (Wildman–Crippen MR) is 77.2 cm³/mol. The first-order chi connectivity index (χ1) is 8.65. The summed E-state index contributed by atoms with van der Waals surface area (Å²) >= 11 is 6.09. The van der Waals surface area contributed by atoms with Crippen LogP contribution in [0.25, 0.3) is 0 Å². The standard InChI is InChI=1S/C14H23ClN2O/c1-11(9-16-7-8-18-3)17-10-13-5-4-6-14(15)12(13)2/h4-6,11,16-17H,7-10H2,1-3H3. The van der Waals surface area contributed by atoms with Crippen molar-refractivity contribution in [1.29, 1.82) is 0 Å². The minimum Gasteiger partial charge on any atom is -0.383 e. The summed E-state index contributed by atoms with van der Waals surface area (Å²) in [6.07, 6.45) is 0. The van der Waals surface area contributed by atoms with Crippen LogP contribution >= 0.6 is 11.6 Å². The van der Waals surface area contributed by atoms with Gasteiger partial charge in [-0.15, -0.1) is 0 Å². The molecule has 0 spiro atoms. The molecule has 102 valence electrons. The van der Waals surface area contributed by atoms with Crippen LogP contribution in [-0.2, 0) is 11.3 Å². The van der Waals surface area contributed by atoms with Crippen molar-refractivity contribution in [3.63, 3.8) is 0 Å². The maximum atomic E-state index is 6.09. The van der Waals surface area contributed by atoms with E-state index in [1.165, 1.54) is 5.56 Å². The Morgan fingerprint density at radius 3 is 2.89 bits per heavy atom. The van der Waals surface area contributed by atoms with Crippen molar-refractivity contribution in [3.05, 3.63) is 34.3 Å². The highest BCUT2D eigenvalue weighted by atomic mass is 35.5. The molecular weight excluding hydrogens is 248 g/mol. The molecule has 1 unspecified atom stereocenters. The van der Waals surface area contributed by atoms with E-state index in [2.05, 4.69) is 30.5 Å². The maximum Gasteiger partial charge on any atom is 0.0587 e. The largest absolute Gasteiger partial charge is 0.383 e. The van der Waals surface area contributed by atoms with Gasteiger partial charge in [0.15, 0.2) is 0 Å². The van der Waals surface area contributed by atoms with E-state index < -0.39 is 0 Å². The summed E-state index contributed by atoms with van der Waals surface area (Å²) in [6.45, 7) is 7.64. The van der Waals surface area contributed by atoms with Gasteiger partial charge in [0, 0.05) is 37.8 Å². The molecule has 1 atom stereocenters. The summed E-state index contributed by atoms with van der Waals surface area (Å²) in [5.74, 6) is 0. The summed E-state index contributed by atoms with van der Waals surface area (Å²) in [4.78, 5) is 0. The van der Waals surface area contributed by atoms with Gasteiger partial charge in [-0.25, -0.2) is 0 Å². The Balaban J connectivity index is 2.29. The normalized spacial score (nSPS) is 12.7. The zero-order valence-electron chi connectivity index (χ0n) is 11.4. The lowest BCUT2D eigenvalue weighted by atomic mass is 10.1.